The lowest BCUT2D eigenvalue weighted by Gasteiger charge is -2.03. The summed E-state index contributed by atoms with van der Waals surface area (Å²) in [7, 11) is -1.68. The van der Waals surface area contributed by atoms with Gasteiger partial charge in [-0.25, -0.2) is 18.1 Å². The first-order valence-electron chi connectivity index (χ1n) is 6.73. The van der Waals surface area contributed by atoms with E-state index in [9.17, 15) is 8.42 Å². The van der Waals surface area contributed by atoms with Crippen LogP contribution in [0.15, 0.2) is 36.0 Å². The van der Waals surface area contributed by atoms with Gasteiger partial charge in [0.25, 0.3) is 0 Å². The van der Waals surface area contributed by atoms with Crippen LogP contribution in [0.25, 0.3) is 6.08 Å². The molecule has 1 aromatic carbocycles. The molecule has 0 radical (unpaired) electrons. The van der Waals surface area contributed by atoms with Gasteiger partial charge in [0.1, 0.15) is 12.2 Å². The fourth-order valence-electron chi connectivity index (χ4n) is 1.83. The Bertz CT molecular complexity index is 756. The predicted octanol–water partition coefficient (Wildman–Crippen LogP) is 1.99. The number of benzene rings is 1. The molecule has 2 aromatic rings. The summed E-state index contributed by atoms with van der Waals surface area (Å²) in [6.07, 6.45) is 4.26. The molecule has 22 heavy (non-hydrogen) atoms. The van der Waals surface area contributed by atoms with E-state index in [1.54, 1.807) is 36.0 Å². The molecule has 0 spiro atoms. The first kappa shape index (κ1) is 16.7. The maximum atomic E-state index is 11.9. The maximum absolute atomic E-state index is 11.9. The van der Waals surface area contributed by atoms with Crippen LogP contribution in [0.1, 0.15) is 17.8 Å². The predicted molar refractivity (Wildman–Crippen MR) is 86.7 cm³/mol. The molecule has 6 nitrogen and oxygen atoms in total. The van der Waals surface area contributed by atoms with Gasteiger partial charge in [0.05, 0.1) is 0 Å². The highest BCUT2D eigenvalue weighted by Crippen LogP contribution is 2.16. The molecule has 0 aliphatic rings. The molecule has 1 N–H and O–H groups in total. The lowest BCUT2D eigenvalue weighted by Crippen LogP contribution is -2.23. The van der Waals surface area contributed by atoms with Gasteiger partial charge in [-0.15, -0.1) is 0 Å². The second kappa shape index (κ2) is 7.53. The third kappa shape index (κ3) is 4.94. The highest BCUT2D eigenvalue weighted by atomic mass is 35.5. The highest BCUT2D eigenvalue weighted by Gasteiger charge is 2.06. The van der Waals surface area contributed by atoms with Crippen LogP contribution >= 0.6 is 11.6 Å². The molecule has 0 unspecified atom stereocenters. The average molecular weight is 341 g/mol. The van der Waals surface area contributed by atoms with Crippen molar-refractivity contribution >= 4 is 27.7 Å². The Morgan fingerprint density at radius 3 is 2.82 bits per heavy atom. The SMILES string of the molecule is Cn1ncnc1CCCNS(=O)(=O)/C=C/c1ccccc1Cl. The fourth-order valence-corrected chi connectivity index (χ4v) is 2.88. The quantitative estimate of drug-likeness (QED) is 0.782. The molecule has 0 bridgehead atoms. The minimum Gasteiger partial charge on any atom is -0.253 e. The Hall–Kier alpha value is -1.70. The smallest absolute Gasteiger partial charge is 0.233 e. The largest absolute Gasteiger partial charge is 0.253 e. The van der Waals surface area contributed by atoms with Gasteiger partial charge in [0.2, 0.25) is 10.0 Å². The third-order valence-corrected chi connectivity index (χ3v) is 4.46. The number of aryl methyl sites for hydroxylation is 2. The maximum Gasteiger partial charge on any atom is 0.233 e. The number of aromatic nitrogens is 3. The molecule has 0 saturated carbocycles. The van der Waals surface area contributed by atoms with Gasteiger partial charge < -0.3 is 0 Å². The summed E-state index contributed by atoms with van der Waals surface area (Å²) in [4.78, 5) is 4.08. The van der Waals surface area contributed by atoms with Crippen LogP contribution in [0.2, 0.25) is 5.02 Å². The van der Waals surface area contributed by atoms with Crippen LogP contribution in [-0.2, 0) is 23.5 Å². The van der Waals surface area contributed by atoms with Gasteiger partial charge in [-0.1, -0.05) is 29.8 Å². The lowest BCUT2D eigenvalue weighted by molar-refractivity contribution is 0.585. The Kier molecular flexibility index (Phi) is 5.70. The molecule has 0 atom stereocenters. The molecular formula is C14H17ClN4O2S. The summed E-state index contributed by atoms with van der Waals surface area (Å²) in [5.74, 6) is 0.825. The van der Waals surface area contributed by atoms with Crippen molar-refractivity contribution in [3.05, 3.63) is 52.4 Å². The van der Waals surface area contributed by atoms with E-state index in [0.717, 1.165) is 11.2 Å². The summed E-state index contributed by atoms with van der Waals surface area (Å²) in [6, 6.07) is 7.05. The molecule has 2 rings (SSSR count). The minimum absolute atomic E-state index is 0.335. The van der Waals surface area contributed by atoms with E-state index in [0.29, 0.717) is 30.0 Å². The fraction of sp³-hybridized carbons (Fsp3) is 0.286. The van der Waals surface area contributed by atoms with Gasteiger partial charge in [0, 0.05) is 30.4 Å². The van der Waals surface area contributed by atoms with Crippen LogP contribution in [-0.4, -0.2) is 29.7 Å². The monoisotopic (exact) mass is 340 g/mol. The molecule has 1 aromatic heterocycles. The number of hydrogen-bond donors (Lipinski definition) is 1. The van der Waals surface area contributed by atoms with Gasteiger partial charge in [-0.3, -0.25) is 4.68 Å². The van der Waals surface area contributed by atoms with Crippen LogP contribution in [0.3, 0.4) is 0 Å². The number of nitrogens with one attached hydrogen (secondary N) is 1. The zero-order valence-corrected chi connectivity index (χ0v) is 13.7. The van der Waals surface area contributed by atoms with Crippen molar-refractivity contribution in [3.63, 3.8) is 0 Å². The van der Waals surface area contributed by atoms with E-state index in [4.69, 9.17) is 11.6 Å². The second-order valence-electron chi connectivity index (χ2n) is 4.67. The lowest BCUT2D eigenvalue weighted by atomic mass is 10.2. The zero-order chi connectivity index (χ0) is 16.0. The molecule has 8 heteroatoms. The van der Waals surface area contributed by atoms with E-state index in [-0.39, 0.29) is 0 Å². The van der Waals surface area contributed by atoms with Crippen molar-refractivity contribution in [1.29, 1.82) is 0 Å². The first-order chi connectivity index (χ1) is 10.5. The topological polar surface area (TPSA) is 76.9 Å². The number of nitrogens with zero attached hydrogens (tertiary/aromatic N) is 3. The third-order valence-electron chi connectivity index (χ3n) is 3.02. The number of halogens is 1. The molecule has 0 aliphatic carbocycles. The molecule has 0 amide bonds. The van der Waals surface area contributed by atoms with Gasteiger partial charge in [-0.05, 0) is 24.1 Å². The Balaban J connectivity index is 1.84. The average Bonchev–Trinajstić information content (AvgIpc) is 2.88. The molecule has 118 valence electrons. The van der Waals surface area contributed by atoms with Crippen LogP contribution in [0.5, 0.6) is 0 Å². The zero-order valence-electron chi connectivity index (χ0n) is 12.1. The van der Waals surface area contributed by atoms with E-state index < -0.39 is 10.0 Å². The normalized spacial score (nSPS) is 12.1. The first-order valence-corrected chi connectivity index (χ1v) is 8.65. The van der Waals surface area contributed by atoms with Gasteiger partial charge >= 0.3 is 0 Å². The molecule has 0 saturated heterocycles. The van der Waals surface area contributed by atoms with Crippen molar-refractivity contribution < 1.29 is 8.42 Å². The Labute approximate surface area is 134 Å². The summed E-state index contributed by atoms with van der Waals surface area (Å²) in [5.41, 5.74) is 0.661. The van der Waals surface area contributed by atoms with Crippen LogP contribution in [0.4, 0.5) is 0 Å². The Morgan fingerprint density at radius 2 is 2.14 bits per heavy atom. The van der Waals surface area contributed by atoms with Crippen molar-refractivity contribution in [2.75, 3.05) is 6.54 Å². The molecule has 0 fully saturated rings. The van der Waals surface area contributed by atoms with E-state index in [1.807, 2.05) is 0 Å². The summed E-state index contributed by atoms with van der Waals surface area (Å²) in [6.45, 7) is 0.335. The van der Waals surface area contributed by atoms with Crippen molar-refractivity contribution in [1.82, 2.24) is 19.5 Å². The number of sulfonamides is 1. The number of hydrogen-bond acceptors (Lipinski definition) is 4. The summed E-state index contributed by atoms with van der Waals surface area (Å²) < 4.78 is 27.9. The Morgan fingerprint density at radius 1 is 1.36 bits per heavy atom. The van der Waals surface area contributed by atoms with Crippen LogP contribution in [0, 0.1) is 0 Å². The highest BCUT2D eigenvalue weighted by molar-refractivity contribution is 7.92. The minimum atomic E-state index is -3.48. The molecular weight excluding hydrogens is 324 g/mol. The van der Waals surface area contributed by atoms with Gasteiger partial charge in [0.15, 0.2) is 0 Å². The standard InChI is InChI=1S/C14H17ClN4O2S/c1-19-14(16-11-17-19)7-4-9-18-22(20,21)10-8-12-5-2-3-6-13(12)15/h2-3,5-6,8,10-11,18H,4,7,9H2,1H3/b10-8+. The van der Waals surface area contributed by atoms with Crippen LogP contribution < -0.4 is 4.72 Å². The molecule has 0 aliphatic heterocycles. The van der Waals surface area contributed by atoms with E-state index in [1.165, 1.54) is 12.4 Å². The summed E-state index contributed by atoms with van der Waals surface area (Å²) in [5, 5.41) is 5.59. The summed E-state index contributed by atoms with van der Waals surface area (Å²) >= 11 is 5.97. The van der Waals surface area contributed by atoms with E-state index in [2.05, 4.69) is 14.8 Å². The van der Waals surface area contributed by atoms with Crippen molar-refractivity contribution in [2.45, 2.75) is 12.8 Å². The van der Waals surface area contributed by atoms with Gasteiger partial charge in [-0.2, -0.15) is 5.10 Å². The van der Waals surface area contributed by atoms with E-state index >= 15 is 0 Å². The number of rotatable bonds is 7. The molecule has 1 heterocycles. The van der Waals surface area contributed by atoms with Crippen molar-refractivity contribution in [3.8, 4) is 0 Å². The van der Waals surface area contributed by atoms with Crippen molar-refractivity contribution in [2.24, 2.45) is 7.05 Å². The second-order valence-corrected chi connectivity index (χ2v) is 6.73.